The number of ether oxygens (including phenoxy) is 1. The van der Waals surface area contributed by atoms with Crippen LogP contribution in [-0.4, -0.2) is 46.4 Å². The van der Waals surface area contributed by atoms with Crippen LogP contribution < -0.4 is 4.74 Å². The van der Waals surface area contributed by atoms with Crippen molar-refractivity contribution in [3.63, 3.8) is 0 Å². The Labute approximate surface area is 189 Å². The molecule has 0 radical (unpaired) electrons. The lowest BCUT2D eigenvalue weighted by molar-refractivity contribution is 0.384. The highest BCUT2D eigenvalue weighted by Gasteiger charge is 2.33. The van der Waals surface area contributed by atoms with Gasteiger partial charge in [-0.1, -0.05) is 6.07 Å². The molecule has 0 saturated carbocycles. The highest BCUT2D eigenvalue weighted by Crippen LogP contribution is 2.33. The van der Waals surface area contributed by atoms with Crippen molar-refractivity contribution in [2.24, 2.45) is 7.05 Å². The van der Waals surface area contributed by atoms with Crippen molar-refractivity contribution in [3.8, 4) is 28.8 Å². The van der Waals surface area contributed by atoms with Gasteiger partial charge in [-0.15, -0.1) is 10.2 Å². The zero-order valence-electron chi connectivity index (χ0n) is 17.9. The summed E-state index contributed by atoms with van der Waals surface area (Å²) in [4.78, 5) is 0.159. The van der Waals surface area contributed by atoms with Crippen LogP contribution in [0.3, 0.4) is 0 Å². The quantitative estimate of drug-likeness (QED) is 0.443. The largest absolute Gasteiger partial charge is 0.497 e. The van der Waals surface area contributed by atoms with E-state index >= 15 is 0 Å². The molecular weight excluding hydrogens is 449 g/mol. The second-order valence-corrected chi connectivity index (χ2v) is 9.52. The van der Waals surface area contributed by atoms with E-state index in [2.05, 4.69) is 15.3 Å². The van der Waals surface area contributed by atoms with Crippen LogP contribution >= 0.6 is 0 Å². The van der Waals surface area contributed by atoms with E-state index in [1.807, 2.05) is 0 Å². The zero-order valence-corrected chi connectivity index (χ0v) is 18.7. The normalized spacial score (nSPS) is 14.3. The Hall–Kier alpha value is -3.57. The zero-order chi connectivity index (χ0) is 23.2. The Bertz CT molecular complexity index is 1430. The summed E-state index contributed by atoms with van der Waals surface area (Å²) in [6.07, 6.45) is 0.487. The second-order valence-electron chi connectivity index (χ2n) is 7.58. The molecule has 1 aliphatic heterocycles. The lowest BCUT2D eigenvalue weighted by atomic mass is 10.1. The fourth-order valence-electron chi connectivity index (χ4n) is 3.88. The molecule has 5 rings (SSSR count). The van der Waals surface area contributed by atoms with E-state index in [1.54, 1.807) is 42.1 Å². The van der Waals surface area contributed by atoms with Crippen molar-refractivity contribution >= 4 is 10.0 Å². The van der Waals surface area contributed by atoms with E-state index < -0.39 is 10.0 Å². The molecule has 0 spiro atoms. The van der Waals surface area contributed by atoms with Crippen LogP contribution in [0, 0.1) is 5.82 Å². The van der Waals surface area contributed by atoms with Crippen molar-refractivity contribution in [1.29, 1.82) is 0 Å². The highest BCUT2D eigenvalue weighted by atomic mass is 32.2. The maximum absolute atomic E-state index is 13.3. The molecule has 0 fully saturated rings. The molecule has 2 aromatic heterocycles. The number of methoxy groups -OCH3 is 1. The predicted octanol–water partition coefficient (Wildman–Crippen LogP) is 3.03. The number of hydrogen-bond donors (Lipinski definition) is 0. The minimum atomic E-state index is -3.75. The Morgan fingerprint density at radius 3 is 2.61 bits per heavy atom. The molecule has 4 aromatic rings. The first-order chi connectivity index (χ1) is 15.9. The van der Waals surface area contributed by atoms with Gasteiger partial charge in [-0.2, -0.15) is 9.40 Å². The Kier molecular flexibility index (Phi) is 5.22. The van der Waals surface area contributed by atoms with Crippen molar-refractivity contribution in [1.82, 2.24) is 24.3 Å². The summed E-state index contributed by atoms with van der Waals surface area (Å²) in [6.45, 7) is 0.433. The highest BCUT2D eigenvalue weighted by molar-refractivity contribution is 7.89. The van der Waals surface area contributed by atoms with Gasteiger partial charge in [-0.3, -0.25) is 4.68 Å². The third-order valence-corrected chi connectivity index (χ3v) is 7.45. The lowest BCUT2D eigenvalue weighted by Crippen LogP contribution is -2.36. The van der Waals surface area contributed by atoms with E-state index in [0.29, 0.717) is 35.5 Å². The monoisotopic (exact) mass is 469 g/mol. The summed E-state index contributed by atoms with van der Waals surface area (Å²) in [6, 6.07) is 12.1. The van der Waals surface area contributed by atoms with Gasteiger partial charge in [0.05, 0.1) is 12.0 Å². The Morgan fingerprint density at radius 1 is 1.09 bits per heavy atom. The molecule has 0 unspecified atom stereocenters. The maximum Gasteiger partial charge on any atom is 0.268 e. The van der Waals surface area contributed by atoms with E-state index in [1.165, 1.54) is 29.6 Å². The van der Waals surface area contributed by atoms with Crippen LogP contribution in [0.25, 0.3) is 23.0 Å². The molecule has 2 aromatic carbocycles. The summed E-state index contributed by atoms with van der Waals surface area (Å²) < 4.78 is 53.9. The third kappa shape index (κ3) is 3.79. The molecule has 33 heavy (non-hydrogen) atoms. The van der Waals surface area contributed by atoms with Crippen LogP contribution in [0.1, 0.15) is 11.3 Å². The van der Waals surface area contributed by atoms with Gasteiger partial charge in [-0.25, -0.2) is 12.8 Å². The fourth-order valence-corrected chi connectivity index (χ4v) is 5.33. The number of nitrogens with zero attached hydrogens (tertiary/aromatic N) is 5. The van der Waals surface area contributed by atoms with Gasteiger partial charge in [0.15, 0.2) is 5.69 Å². The Balaban J connectivity index is 1.49. The smallest absolute Gasteiger partial charge is 0.268 e. The van der Waals surface area contributed by atoms with Crippen LogP contribution in [0.4, 0.5) is 4.39 Å². The molecule has 0 bridgehead atoms. The van der Waals surface area contributed by atoms with Crippen LogP contribution in [-0.2, 0) is 30.0 Å². The first-order valence-electron chi connectivity index (χ1n) is 10.2. The average molecular weight is 469 g/mol. The van der Waals surface area contributed by atoms with Crippen LogP contribution in [0.5, 0.6) is 5.75 Å². The van der Waals surface area contributed by atoms with Gasteiger partial charge in [0.2, 0.25) is 15.9 Å². The third-order valence-electron chi connectivity index (χ3n) is 5.61. The maximum atomic E-state index is 13.3. The van der Waals surface area contributed by atoms with E-state index in [4.69, 9.17) is 9.15 Å². The summed E-state index contributed by atoms with van der Waals surface area (Å²) in [5.41, 5.74) is 2.62. The molecule has 0 aliphatic carbocycles. The molecular formula is C22H20FN5O4S. The molecule has 0 atom stereocenters. The first-order valence-corrected chi connectivity index (χ1v) is 11.6. The molecule has 0 N–H and O–H groups in total. The van der Waals surface area contributed by atoms with Gasteiger partial charge < -0.3 is 9.15 Å². The van der Waals surface area contributed by atoms with Crippen molar-refractivity contribution < 1.29 is 22.0 Å². The number of halogens is 1. The summed E-state index contributed by atoms with van der Waals surface area (Å²) >= 11 is 0. The molecule has 0 saturated heterocycles. The Morgan fingerprint density at radius 2 is 1.85 bits per heavy atom. The van der Waals surface area contributed by atoms with Gasteiger partial charge in [-0.05, 0) is 36.4 Å². The number of aromatic nitrogens is 4. The van der Waals surface area contributed by atoms with E-state index in [-0.39, 0.29) is 29.0 Å². The summed E-state index contributed by atoms with van der Waals surface area (Å²) in [5.74, 6) is 0.498. The number of benzene rings is 2. The molecule has 3 heterocycles. The number of sulfonamides is 1. The molecule has 1 aliphatic rings. The minimum absolute atomic E-state index is 0.117. The van der Waals surface area contributed by atoms with Crippen LogP contribution in [0.15, 0.2) is 57.8 Å². The minimum Gasteiger partial charge on any atom is -0.497 e. The van der Waals surface area contributed by atoms with Crippen molar-refractivity contribution in [2.45, 2.75) is 17.9 Å². The molecule has 0 amide bonds. The molecule has 11 heteroatoms. The standard InChI is InChI=1S/C22H20FN5O4S/c1-27-19-10-11-28(33(29,30)17-5-3-4-16(12-17)31-2)13-18(19)20(26-27)22-25-24-21(32-22)14-6-8-15(23)9-7-14/h3-9,12H,10-11,13H2,1-2H3. The van der Waals surface area contributed by atoms with E-state index in [9.17, 15) is 12.8 Å². The average Bonchev–Trinajstić information content (AvgIpc) is 3.44. The van der Waals surface area contributed by atoms with Crippen LogP contribution in [0.2, 0.25) is 0 Å². The molecule has 170 valence electrons. The topological polar surface area (TPSA) is 103 Å². The van der Waals surface area contributed by atoms with Gasteiger partial charge >= 0.3 is 0 Å². The molecule has 9 nitrogen and oxygen atoms in total. The predicted molar refractivity (Wildman–Crippen MR) is 116 cm³/mol. The second kappa shape index (κ2) is 8.09. The van der Waals surface area contributed by atoms with E-state index in [0.717, 1.165) is 5.69 Å². The number of rotatable bonds is 5. The fraction of sp³-hybridized carbons (Fsp3) is 0.227. The van der Waals surface area contributed by atoms with Crippen molar-refractivity contribution in [3.05, 3.63) is 65.6 Å². The lowest BCUT2D eigenvalue weighted by Gasteiger charge is -2.26. The summed E-state index contributed by atoms with van der Waals surface area (Å²) in [7, 11) is -0.466. The van der Waals surface area contributed by atoms with Gasteiger partial charge in [0.1, 0.15) is 11.6 Å². The van der Waals surface area contributed by atoms with Gasteiger partial charge in [0.25, 0.3) is 5.89 Å². The number of fused-ring (bicyclic) bond motifs is 1. The van der Waals surface area contributed by atoms with Crippen molar-refractivity contribution in [2.75, 3.05) is 13.7 Å². The number of aryl methyl sites for hydroxylation is 1. The van der Waals surface area contributed by atoms with Gasteiger partial charge in [0, 0.05) is 49.4 Å². The number of hydrogen-bond acceptors (Lipinski definition) is 7. The summed E-state index contributed by atoms with van der Waals surface area (Å²) in [5, 5.41) is 12.7. The SMILES string of the molecule is COc1cccc(S(=O)(=O)N2CCc3c(c(-c4nnc(-c5ccc(F)cc5)o4)nn3C)C2)c1. The first kappa shape index (κ1) is 21.3.